The molecule has 0 aliphatic carbocycles. The maximum Gasteiger partial charge on any atom is 0.291 e. The minimum Gasteiger partial charge on any atom is -0.483 e. The Morgan fingerprint density at radius 2 is 1.80 bits per heavy atom. The second-order valence-corrected chi connectivity index (χ2v) is 10.6. The quantitative estimate of drug-likeness (QED) is 0.277. The molecule has 13 nitrogen and oxygen atoms in total. The number of carbonyl (C=O) groups excluding carboxylic acids is 3. The summed E-state index contributed by atoms with van der Waals surface area (Å²) in [5.41, 5.74) is 0.369. The average Bonchev–Trinajstić information content (AvgIpc) is 3.65. The van der Waals surface area contributed by atoms with E-state index >= 15 is 0 Å². The second-order valence-electron chi connectivity index (χ2n) is 10.2. The number of rotatable bonds is 7. The van der Waals surface area contributed by atoms with E-state index in [9.17, 15) is 32.7 Å². The van der Waals surface area contributed by atoms with Crippen LogP contribution in [0.15, 0.2) is 36.5 Å². The Labute approximate surface area is 265 Å². The minimum absolute atomic E-state index is 0.0891. The molecular formula is C29H30ClF3N6O7. The first-order valence-corrected chi connectivity index (χ1v) is 14.3. The molecule has 2 saturated heterocycles. The van der Waals surface area contributed by atoms with E-state index in [-0.39, 0.29) is 51.6 Å². The van der Waals surface area contributed by atoms with Crippen LogP contribution < -0.4 is 15.4 Å². The number of halogens is 4. The van der Waals surface area contributed by atoms with Crippen LogP contribution in [0, 0.1) is 11.6 Å². The highest BCUT2D eigenvalue weighted by Crippen LogP contribution is 2.30. The number of aliphatic hydroxyl groups excluding tert-OH is 1. The molecule has 0 unspecified atom stereocenters. The third-order valence-corrected chi connectivity index (χ3v) is 7.78. The highest BCUT2D eigenvalue weighted by Gasteiger charge is 2.34. The summed E-state index contributed by atoms with van der Waals surface area (Å²) in [4.78, 5) is 54.4. The van der Waals surface area contributed by atoms with E-state index in [1.165, 1.54) is 42.1 Å². The zero-order valence-electron chi connectivity index (χ0n) is 24.4. The molecule has 0 saturated carbocycles. The van der Waals surface area contributed by atoms with Gasteiger partial charge in [-0.2, -0.15) is 4.39 Å². The van der Waals surface area contributed by atoms with Crippen molar-refractivity contribution in [2.45, 2.75) is 18.6 Å². The molecule has 2 aliphatic heterocycles. The fourth-order valence-electron chi connectivity index (χ4n) is 5.15. The number of nitrogens with one attached hydrogen (secondary N) is 2. The van der Waals surface area contributed by atoms with Gasteiger partial charge in [0.2, 0.25) is 18.6 Å². The summed E-state index contributed by atoms with van der Waals surface area (Å²) in [6, 6.07) is 6.22. The lowest BCUT2D eigenvalue weighted by atomic mass is 10.1. The first kappa shape index (κ1) is 34.2. The maximum absolute atomic E-state index is 14.6. The van der Waals surface area contributed by atoms with Crippen molar-refractivity contribution >= 4 is 41.5 Å². The number of β-amino-alcohol motifs (C(OH)–C–C–N with tert-alkyl or cyclic N) is 1. The number of nitrogens with zero attached hydrogens (tertiary/aromatic N) is 4. The molecule has 17 heteroatoms. The number of anilines is 1. The zero-order valence-corrected chi connectivity index (χ0v) is 25.1. The van der Waals surface area contributed by atoms with Crippen molar-refractivity contribution in [3.05, 3.63) is 64.6 Å². The summed E-state index contributed by atoms with van der Waals surface area (Å²) in [5.74, 6) is -4.46. The standard InChI is InChI=1S/C28H28ClF3N6O5.CH2O2/c1-36-21(18-4-5-22(43-14-30)24(32)23(18)31)13-34-25(36)26(40)35-15-2-3-17(19(29)10-15)27(41)37-6-8-38(9-7-37)28(42)20-11-16(39)12-33-20;2-1-3/h2-5,10,13,16,20,33,39H,6-9,11-12,14H2,1H3,(H,35,40);1H,(H,2,3)/t16-,20+;/m1./s1. The van der Waals surface area contributed by atoms with Gasteiger partial charge in [-0.3, -0.25) is 19.2 Å². The molecule has 2 atom stereocenters. The van der Waals surface area contributed by atoms with E-state index in [2.05, 4.69) is 20.4 Å². The number of imidazole rings is 1. The van der Waals surface area contributed by atoms with Crippen molar-refractivity contribution in [3.8, 4) is 17.0 Å². The van der Waals surface area contributed by atoms with Crippen molar-refractivity contribution in [1.29, 1.82) is 0 Å². The topological polar surface area (TPSA) is 166 Å². The third-order valence-electron chi connectivity index (χ3n) is 7.47. The number of carbonyl (C=O) groups is 4. The molecule has 5 rings (SSSR count). The Hall–Kier alpha value is -4.67. The smallest absolute Gasteiger partial charge is 0.291 e. The van der Waals surface area contributed by atoms with Crippen LogP contribution in [-0.2, 0) is 16.6 Å². The lowest BCUT2D eigenvalue weighted by molar-refractivity contribution is -0.134. The van der Waals surface area contributed by atoms with Crippen LogP contribution >= 0.6 is 11.6 Å². The number of aromatic nitrogens is 2. The third kappa shape index (κ3) is 7.41. The van der Waals surface area contributed by atoms with Gasteiger partial charge in [0.1, 0.15) is 0 Å². The number of amides is 3. The number of hydrogen-bond donors (Lipinski definition) is 4. The van der Waals surface area contributed by atoms with Gasteiger partial charge >= 0.3 is 0 Å². The van der Waals surface area contributed by atoms with E-state index in [1.807, 2.05) is 0 Å². The average molecular weight is 667 g/mol. The van der Waals surface area contributed by atoms with Crippen LogP contribution in [0.4, 0.5) is 18.9 Å². The normalized spacial score (nSPS) is 17.6. The minimum atomic E-state index is -1.37. The molecule has 2 aromatic carbocycles. The van der Waals surface area contributed by atoms with Gasteiger partial charge in [0, 0.05) is 51.0 Å². The van der Waals surface area contributed by atoms with Gasteiger partial charge < -0.3 is 40.0 Å². The number of hydrogen-bond acceptors (Lipinski definition) is 8. The Balaban J connectivity index is 0.00000154. The lowest BCUT2D eigenvalue weighted by Crippen LogP contribution is -2.54. The second kappa shape index (κ2) is 15.1. The Bertz CT molecular complexity index is 1620. The summed E-state index contributed by atoms with van der Waals surface area (Å²) < 4.78 is 47.0. The van der Waals surface area contributed by atoms with Crippen molar-refractivity contribution < 1.29 is 47.3 Å². The van der Waals surface area contributed by atoms with Crippen molar-refractivity contribution in [3.63, 3.8) is 0 Å². The number of piperazine rings is 1. The van der Waals surface area contributed by atoms with Gasteiger partial charge in [0.25, 0.3) is 18.3 Å². The number of carboxylic acid groups (broad SMARTS) is 1. The van der Waals surface area contributed by atoms with E-state index in [0.717, 1.165) is 6.07 Å². The first-order valence-electron chi connectivity index (χ1n) is 13.9. The fourth-order valence-corrected chi connectivity index (χ4v) is 5.41. The highest BCUT2D eigenvalue weighted by atomic mass is 35.5. The van der Waals surface area contributed by atoms with Crippen LogP contribution in [0.2, 0.25) is 5.02 Å². The molecule has 2 fully saturated rings. The number of alkyl halides is 1. The van der Waals surface area contributed by atoms with Crippen LogP contribution in [0.25, 0.3) is 11.3 Å². The molecule has 3 heterocycles. The monoisotopic (exact) mass is 666 g/mol. The van der Waals surface area contributed by atoms with Gasteiger partial charge in [-0.25, -0.2) is 13.8 Å². The summed E-state index contributed by atoms with van der Waals surface area (Å²) in [6.45, 7) is 0.126. The van der Waals surface area contributed by atoms with Crippen LogP contribution in [-0.4, -0.2) is 105 Å². The number of aliphatic hydroxyl groups is 1. The predicted molar refractivity (Wildman–Crippen MR) is 158 cm³/mol. The van der Waals surface area contributed by atoms with Crippen LogP contribution in [0.3, 0.4) is 0 Å². The van der Waals surface area contributed by atoms with Gasteiger partial charge in [-0.15, -0.1) is 0 Å². The molecule has 1 aromatic heterocycles. The van der Waals surface area contributed by atoms with Crippen LogP contribution in [0.5, 0.6) is 5.75 Å². The molecule has 3 aromatic rings. The maximum atomic E-state index is 14.6. The van der Waals surface area contributed by atoms with E-state index in [0.29, 0.717) is 39.1 Å². The number of ether oxygens (including phenoxy) is 1. The Morgan fingerprint density at radius 3 is 2.41 bits per heavy atom. The largest absolute Gasteiger partial charge is 0.483 e. The predicted octanol–water partition coefficient (Wildman–Crippen LogP) is 2.28. The molecule has 0 bridgehead atoms. The Morgan fingerprint density at radius 1 is 1.13 bits per heavy atom. The van der Waals surface area contributed by atoms with Crippen molar-refractivity contribution in [2.75, 3.05) is 44.9 Å². The Kier molecular flexibility index (Phi) is 11.2. The summed E-state index contributed by atoms with van der Waals surface area (Å²) in [6.07, 6.45) is 1.01. The highest BCUT2D eigenvalue weighted by molar-refractivity contribution is 6.34. The molecule has 46 heavy (non-hydrogen) atoms. The molecule has 2 aliphatic rings. The van der Waals surface area contributed by atoms with Crippen molar-refractivity contribution in [1.82, 2.24) is 24.7 Å². The molecule has 0 spiro atoms. The van der Waals surface area contributed by atoms with Gasteiger partial charge in [0.15, 0.2) is 17.4 Å². The molecule has 246 valence electrons. The SMILES string of the molecule is Cn1c(-c2ccc(OCF)c(F)c2F)cnc1C(=O)Nc1ccc(C(=O)N2CCN(C(=O)[C@@H]3C[C@@H](O)CN3)CC2)c(Cl)c1.O=CO. The summed E-state index contributed by atoms with van der Waals surface area (Å²) >= 11 is 6.41. The number of benzene rings is 2. The molecule has 0 radical (unpaired) electrons. The summed E-state index contributed by atoms with van der Waals surface area (Å²) in [5, 5.41) is 22.3. The van der Waals surface area contributed by atoms with Gasteiger partial charge in [0.05, 0.1) is 34.6 Å². The first-order chi connectivity index (χ1) is 22.0. The van der Waals surface area contributed by atoms with E-state index in [4.69, 9.17) is 21.5 Å². The van der Waals surface area contributed by atoms with E-state index < -0.39 is 42.3 Å². The lowest BCUT2D eigenvalue weighted by Gasteiger charge is -2.36. The van der Waals surface area contributed by atoms with Crippen molar-refractivity contribution in [2.24, 2.45) is 7.05 Å². The van der Waals surface area contributed by atoms with Gasteiger partial charge in [-0.1, -0.05) is 11.6 Å². The van der Waals surface area contributed by atoms with Crippen LogP contribution in [0.1, 0.15) is 27.4 Å². The zero-order chi connectivity index (χ0) is 33.5. The summed E-state index contributed by atoms with van der Waals surface area (Å²) in [7, 11) is 1.44. The van der Waals surface area contributed by atoms with E-state index in [1.54, 1.807) is 9.80 Å². The van der Waals surface area contributed by atoms with Gasteiger partial charge in [-0.05, 0) is 36.8 Å². The molecular weight excluding hydrogens is 637 g/mol. The molecule has 4 N–H and O–H groups in total. The molecule has 3 amide bonds. The fraction of sp³-hybridized carbons (Fsp3) is 0.345.